The highest BCUT2D eigenvalue weighted by molar-refractivity contribution is 9.10. The second-order valence-corrected chi connectivity index (χ2v) is 5.38. The third kappa shape index (κ3) is 2.56. The molecule has 0 radical (unpaired) electrons. The zero-order valence-corrected chi connectivity index (χ0v) is 11.8. The molecule has 1 aliphatic rings. The van der Waals surface area contributed by atoms with Crippen LogP contribution in [0, 0.1) is 0 Å². The van der Waals surface area contributed by atoms with Crippen LogP contribution in [0.1, 0.15) is 40.7 Å². The minimum Gasteiger partial charge on any atom is -0.469 e. The van der Waals surface area contributed by atoms with Crippen LogP contribution in [-0.4, -0.2) is 10.9 Å². The fraction of sp³-hybridized carbons (Fsp3) is 0.286. The van der Waals surface area contributed by atoms with Gasteiger partial charge >= 0.3 is 0 Å². The van der Waals surface area contributed by atoms with Gasteiger partial charge < -0.3 is 9.73 Å². The number of hydrogen-bond donors (Lipinski definition) is 1. The average Bonchev–Trinajstić information content (AvgIpc) is 2.88. The first-order valence-electron chi connectivity index (χ1n) is 6.24. The largest absolute Gasteiger partial charge is 0.469 e. The Morgan fingerprint density at radius 2 is 2.32 bits per heavy atom. The summed E-state index contributed by atoms with van der Waals surface area (Å²) in [5.41, 5.74) is 1.51. The number of pyridine rings is 1. The van der Waals surface area contributed by atoms with Crippen LogP contribution in [0.3, 0.4) is 0 Å². The predicted octanol–water partition coefficient (Wildman–Crippen LogP) is 3.24. The lowest BCUT2D eigenvalue weighted by Crippen LogP contribution is -2.31. The van der Waals surface area contributed by atoms with Gasteiger partial charge in [0.2, 0.25) is 0 Å². The Balaban J connectivity index is 1.78. The van der Waals surface area contributed by atoms with E-state index in [4.69, 9.17) is 4.42 Å². The Bertz CT molecular complexity index is 609. The van der Waals surface area contributed by atoms with Crippen molar-refractivity contribution < 1.29 is 9.21 Å². The van der Waals surface area contributed by atoms with Crippen molar-refractivity contribution in [2.45, 2.75) is 25.3 Å². The Labute approximate surface area is 119 Å². The molecule has 5 heteroatoms. The molecule has 0 aliphatic heterocycles. The Hall–Kier alpha value is -1.62. The quantitative estimate of drug-likeness (QED) is 0.864. The third-order valence-corrected chi connectivity index (χ3v) is 3.75. The van der Waals surface area contributed by atoms with Crippen molar-refractivity contribution in [3.05, 3.63) is 52.1 Å². The maximum absolute atomic E-state index is 12.2. The summed E-state index contributed by atoms with van der Waals surface area (Å²) in [6.07, 6.45) is 4.60. The van der Waals surface area contributed by atoms with Crippen LogP contribution in [0.15, 0.2) is 39.5 Å². The number of aromatic nitrogens is 1. The number of carbonyl (C=O) groups excluding carboxylic acids is 1. The Morgan fingerprint density at radius 1 is 1.42 bits per heavy atom. The molecule has 0 saturated heterocycles. The lowest BCUT2D eigenvalue weighted by molar-refractivity contribution is 0.0927. The summed E-state index contributed by atoms with van der Waals surface area (Å²) in [5.74, 6) is 0.833. The molecule has 1 aliphatic carbocycles. The Kier molecular flexibility index (Phi) is 3.38. The summed E-state index contributed by atoms with van der Waals surface area (Å²) in [6.45, 7) is 0. The molecule has 0 aromatic carbocycles. The van der Waals surface area contributed by atoms with Crippen LogP contribution in [-0.2, 0) is 6.42 Å². The van der Waals surface area contributed by atoms with Crippen molar-refractivity contribution in [1.29, 1.82) is 0 Å². The first-order chi connectivity index (χ1) is 9.24. The third-order valence-electron chi connectivity index (χ3n) is 3.31. The fourth-order valence-corrected chi connectivity index (χ4v) is 2.75. The van der Waals surface area contributed by atoms with E-state index in [1.165, 1.54) is 0 Å². The summed E-state index contributed by atoms with van der Waals surface area (Å²) in [7, 11) is 0. The van der Waals surface area contributed by atoms with Gasteiger partial charge in [-0.2, -0.15) is 0 Å². The minimum atomic E-state index is -0.152. The number of aryl methyl sites for hydroxylation is 1. The zero-order chi connectivity index (χ0) is 13.2. The van der Waals surface area contributed by atoms with Gasteiger partial charge in [-0.05, 0) is 47.0 Å². The molecule has 0 bridgehead atoms. The van der Waals surface area contributed by atoms with E-state index in [1.54, 1.807) is 24.5 Å². The van der Waals surface area contributed by atoms with Crippen LogP contribution in [0.2, 0.25) is 0 Å². The smallest absolute Gasteiger partial charge is 0.270 e. The van der Waals surface area contributed by atoms with E-state index < -0.39 is 0 Å². The highest BCUT2D eigenvalue weighted by Crippen LogP contribution is 2.30. The number of rotatable bonds is 2. The van der Waals surface area contributed by atoms with Gasteiger partial charge in [0.1, 0.15) is 16.1 Å². The molecule has 98 valence electrons. The maximum Gasteiger partial charge on any atom is 0.270 e. The van der Waals surface area contributed by atoms with Crippen LogP contribution in [0.4, 0.5) is 0 Å². The van der Waals surface area contributed by atoms with E-state index >= 15 is 0 Å². The summed E-state index contributed by atoms with van der Waals surface area (Å²) in [5, 5.41) is 3.02. The van der Waals surface area contributed by atoms with E-state index in [0.717, 1.165) is 30.6 Å². The van der Waals surface area contributed by atoms with Crippen LogP contribution in [0.5, 0.6) is 0 Å². The molecule has 1 atom stereocenters. The van der Waals surface area contributed by atoms with Crippen molar-refractivity contribution >= 4 is 21.8 Å². The molecule has 2 heterocycles. The fourth-order valence-electron chi connectivity index (χ4n) is 2.40. The first kappa shape index (κ1) is 12.4. The van der Waals surface area contributed by atoms with Crippen LogP contribution < -0.4 is 5.32 Å². The highest BCUT2D eigenvalue weighted by Gasteiger charge is 2.24. The molecule has 1 amide bonds. The van der Waals surface area contributed by atoms with E-state index in [1.807, 2.05) is 6.07 Å². The highest BCUT2D eigenvalue weighted by atomic mass is 79.9. The van der Waals surface area contributed by atoms with Gasteiger partial charge in [-0.15, -0.1) is 0 Å². The summed E-state index contributed by atoms with van der Waals surface area (Å²) >= 11 is 3.27. The number of amides is 1. The summed E-state index contributed by atoms with van der Waals surface area (Å²) in [4.78, 5) is 16.3. The number of fused-ring (bicyclic) bond motifs is 1. The molecule has 19 heavy (non-hydrogen) atoms. The number of nitrogens with zero attached hydrogens (tertiary/aromatic N) is 1. The second kappa shape index (κ2) is 5.17. The van der Waals surface area contributed by atoms with E-state index in [9.17, 15) is 4.79 Å². The molecular formula is C14H13BrN2O2. The Morgan fingerprint density at radius 3 is 3.16 bits per heavy atom. The van der Waals surface area contributed by atoms with Crippen LogP contribution in [0.25, 0.3) is 0 Å². The number of hydrogen-bond acceptors (Lipinski definition) is 3. The number of furan rings is 1. The lowest BCUT2D eigenvalue weighted by Gasteiger charge is -2.22. The van der Waals surface area contributed by atoms with Crippen molar-refractivity contribution in [2.75, 3.05) is 0 Å². The summed E-state index contributed by atoms with van der Waals surface area (Å²) in [6, 6.07) is 7.27. The van der Waals surface area contributed by atoms with Gasteiger partial charge in [0, 0.05) is 12.0 Å². The number of carbonyl (C=O) groups is 1. The average molecular weight is 321 g/mol. The van der Waals surface area contributed by atoms with Crippen molar-refractivity contribution in [1.82, 2.24) is 10.3 Å². The van der Waals surface area contributed by atoms with Gasteiger partial charge in [0.05, 0.1) is 12.3 Å². The second-order valence-electron chi connectivity index (χ2n) is 4.56. The molecular weight excluding hydrogens is 308 g/mol. The monoisotopic (exact) mass is 320 g/mol. The molecule has 1 N–H and O–H groups in total. The van der Waals surface area contributed by atoms with Gasteiger partial charge in [-0.25, -0.2) is 4.98 Å². The van der Waals surface area contributed by atoms with Gasteiger partial charge in [-0.3, -0.25) is 4.79 Å². The molecule has 2 aromatic heterocycles. The standard InChI is InChI=1S/C14H13BrN2O2/c15-13-6-2-4-11(16-13)14(18)17-10-3-1-5-12-9(10)7-8-19-12/h2,4,6-8,10H,1,3,5H2,(H,17,18). The molecule has 2 aromatic rings. The van der Waals surface area contributed by atoms with E-state index in [0.29, 0.717) is 10.3 Å². The van der Waals surface area contributed by atoms with E-state index in [2.05, 4.69) is 26.2 Å². The van der Waals surface area contributed by atoms with Gasteiger partial charge in [0.15, 0.2) is 0 Å². The van der Waals surface area contributed by atoms with Crippen LogP contribution >= 0.6 is 15.9 Å². The lowest BCUT2D eigenvalue weighted by atomic mass is 9.93. The topological polar surface area (TPSA) is 55.1 Å². The minimum absolute atomic E-state index is 0.0239. The zero-order valence-electron chi connectivity index (χ0n) is 10.2. The van der Waals surface area contributed by atoms with Gasteiger partial charge in [-0.1, -0.05) is 6.07 Å². The van der Waals surface area contributed by atoms with Crippen molar-refractivity contribution in [3.8, 4) is 0 Å². The molecule has 0 fully saturated rings. The molecule has 4 nitrogen and oxygen atoms in total. The summed E-state index contributed by atoms with van der Waals surface area (Å²) < 4.78 is 6.08. The SMILES string of the molecule is O=C(NC1CCCc2occc21)c1cccc(Br)n1. The molecule has 0 spiro atoms. The van der Waals surface area contributed by atoms with E-state index in [-0.39, 0.29) is 11.9 Å². The van der Waals surface area contributed by atoms with Gasteiger partial charge in [0.25, 0.3) is 5.91 Å². The predicted molar refractivity (Wildman–Crippen MR) is 73.8 cm³/mol. The molecule has 0 saturated carbocycles. The maximum atomic E-state index is 12.2. The molecule has 1 unspecified atom stereocenters. The number of halogens is 1. The normalized spacial score (nSPS) is 17.8. The first-order valence-corrected chi connectivity index (χ1v) is 7.03. The van der Waals surface area contributed by atoms with Crippen molar-refractivity contribution in [3.63, 3.8) is 0 Å². The number of nitrogens with one attached hydrogen (secondary N) is 1. The van der Waals surface area contributed by atoms with Crippen molar-refractivity contribution in [2.24, 2.45) is 0 Å². The molecule has 3 rings (SSSR count).